The topological polar surface area (TPSA) is 89.9 Å². The molecule has 2 atom stereocenters. The van der Waals surface area contributed by atoms with Gasteiger partial charge in [0.25, 0.3) is 0 Å². The zero-order valence-corrected chi connectivity index (χ0v) is 12.0. The number of aliphatic hydroxyl groups excluding tert-OH is 1. The van der Waals surface area contributed by atoms with Crippen molar-refractivity contribution in [2.75, 3.05) is 19.6 Å². The third-order valence-electron chi connectivity index (χ3n) is 4.62. The van der Waals surface area contributed by atoms with Crippen LogP contribution in [-0.2, 0) is 9.59 Å². The first kappa shape index (κ1) is 15.3. The lowest BCUT2D eigenvalue weighted by Gasteiger charge is -2.39. The maximum atomic E-state index is 12.3. The maximum Gasteiger partial charge on any atom is 0.309 e. The minimum atomic E-state index is -0.735. The average Bonchev–Trinajstić information content (AvgIpc) is 2.85. The molecule has 0 aromatic heterocycles. The molecule has 2 unspecified atom stereocenters. The first-order valence-corrected chi connectivity index (χ1v) is 7.42. The van der Waals surface area contributed by atoms with E-state index < -0.39 is 17.5 Å². The van der Waals surface area contributed by atoms with E-state index in [2.05, 4.69) is 5.32 Å². The number of hydrogen-bond donors (Lipinski definition) is 3. The summed E-state index contributed by atoms with van der Waals surface area (Å²) in [6, 6.07) is -0.312. The molecule has 0 spiro atoms. The molecule has 6 nitrogen and oxygen atoms in total. The molecule has 114 valence electrons. The van der Waals surface area contributed by atoms with E-state index in [9.17, 15) is 19.8 Å². The Bertz CT molecular complexity index is 377. The van der Waals surface area contributed by atoms with Gasteiger partial charge in [0, 0.05) is 19.6 Å². The van der Waals surface area contributed by atoms with E-state index in [0.717, 1.165) is 6.42 Å². The highest BCUT2D eigenvalue weighted by molar-refractivity contribution is 5.83. The van der Waals surface area contributed by atoms with Crippen LogP contribution in [0.25, 0.3) is 0 Å². The highest BCUT2D eigenvalue weighted by Crippen LogP contribution is 2.36. The Morgan fingerprint density at radius 2 is 2.00 bits per heavy atom. The molecule has 2 rings (SSSR count). The second-order valence-corrected chi connectivity index (χ2v) is 6.01. The van der Waals surface area contributed by atoms with Crippen molar-refractivity contribution >= 4 is 11.9 Å². The number of carbonyl (C=O) groups excluding carboxylic acids is 1. The monoisotopic (exact) mass is 284 g/mol. The molecule has 2 fully saturated rings. The number of likely N-dealkylation sites (tertiary alicyclic amines) is 1. The van der Waals surface area contributed by atoms with Gasteiger partial charge < -0.3 is 20.4 Å². The third kappa shape index (κ3) is 2.96. The van der Waals surface area contributed by atoms with Crippen LogP contribution in [0.15, 0.2) is 0 Å². The van der Waals surface area contributed by atoms with E-state index >= 15 is 0 Å². The van der Waals surface area contributed by atoms with Gasteiger partial charge >= 0.3 is 5.97 Å². The second-order valence-electron chi connectivity index (χ2n) is 6.01. The second kappa shape index (κ2) is 6.10. The van der Waals surface area contributed by atoms with Gasteiger partial charge in [-0.15, -0.1) is 0 Å². The van der Waals surface area contributed by atoms with E-state index in [1.807, 2.05) is 6.92 Å². The number of piperidine rings is 1. The fraction of sp³-hybridized carbons (Fsp3) is 0.857. The van der Waals surface area contributed by atoms with Crippen molar-refractivity contribution in [3.05, 3.63) is 0 Å². The molecule has 0 aliphatic carbocycles. The van der Waals surface area contributed by atoms with Crippen LogP contribution in [0.3, 0.4) is 0 Å². The predicted octanol–water partition coefficient (Wildman–Crippen LogP) is 0.203. The van der Waals surface area contributed by atoms with Crippen LogP contribution in [-0.4, -0.2) is 58.8 Å². The largest absolute Gasteiger partial charge is 0.481 e. The zero-order chi connectivity index (χ0) is 14.8. The van der Waals surface area contributed by atoms with Crippen molar-refractivity contribution in [3.8, 4) is 0 Å². The van der Waals surface area contributed by atoms with E-state index in [-0.39, 0.29) is 11.9 Å². The SMILES string of the molecule is CCCC1(C(=O)O)CCN(C(=O)C2CC(O)CN2)CC1. The van der Waals surface area contributed by atoms with E-state index in [0.29, 0.717) is 45.3 Å². The van der Waals surface area contributed by atoms with Gasteiger partial charge in [-0.1, -0.05) is 13.3 Å². The molecule has 0 aromatic rings. The molecule has 1 amide bonds. The number of carbonyl (C=O) groups is 2. The fourth-order valence-electron chi connectivity index (χ4n) is 3.33. The van der Waals surface area contributed by atoms with Gasteiger partial charge in [0.1, 0.15) is 0 Å². The maximum absolute atomic E-state index is 12.3. The number of β-amino-alcohol motifs (C(OH)–C–C–N with tert-alkyl or cyclic N) is 1. The number of hydrogen-bond acceptors (Lipinski definition) is 4. The number of amides is 1. The number of carboxylic acid groups (broad SMARTS) is 1. The number of aliphatic hydroxyl groups is 1. The van der Waals surface area contributed by atoms with Crippen LogP contribution in [0.1, 0.15) is 39.0 Å². The molecular formula is C14H24N2O4. The Kier molecular flexibility index (Phi) is 4.65. The van der Waals surface area contributed by atoms with E-state index in [1.165, 1.54) is 0 Å². The Labute approximate surface area is 119 Å². The van der Waals surface area contributed by atoms with Crippen LogP contribution in [0.4, 0.5) is 0 Å². The summed E-state index contributed by atoms with van der Waals surface area (Å²) in [5.74, 6) is -0.738. The molecular weight excluding hydrogens is 260 g/mol. The standard InChI is InChI=1S/C14H24N2O4/c1-2-3-14(13(19)20)4-6-16(7-5-14)12(18)11-8-10(17)9-15-11/h10-11,15,17H,2-9H2,1H3,(H,19,20). The van der Waals surface area contributed by atoms with Crippen molar-refractivity contribution < 1.29 is 19.8 Å². The summed E-state index contributed by atoms with van der Waals surface area (Å²) in [4.78, 5) is 25.5. The number of nitrogens with zero attached hydrogens (tertiary/aromatic N) is 1. The molecule has 0 aromatic carbocycles. The Morgan fingerprint density at radius 1 is 1.35 bits per heavy atom. The quantitative estimate of drug-likeness (QED) is 0.686. The predicted molar refractivity (Wildman–Crippen MR) is 73.2 cm³/mol. The van der Waals surface area contributed by atoms with Gasteiger partial charge in [0.15, 0.2) is 0 Å². The average molecular weight is 284 g/mol. The van der Waals surface area contributed by atoms with Gasteiger partial charge in [0.2, 0.25) is 5.91 Å². The third-order valence-corrected chi connectivity index (χ3v) is 4.62. The van der Waals surface area contributed by atoms with Crippen LogP contribution in [0, 0.1) is 5.41 Å². The molecule has 6 heteroatoms. The summed E-state index contributed by atoms with van der Waals surface area (Å²) >= 11 is 0. The highest BCUT2D eigenvalue weighted by Gasteiger charge is 2.42. The Hall–Kier alpha value is -1.14. The van der Waals surface area contributed by atoms with Crippen molar-refractivity contribution in [1.29, 1.82) is 0 Å². The molecule has 20 heavy (non-hydrogen) atoms. The summed E-state index contributed by atoms with van der Waals surface area (Å²) in [6.45, 7) is 3.45. The van der Waals surface area contributed by atoms with Crippen LogP contribution >= 0.6 is 0 Å². The van der Waals surface area contributed by atoms with Crippen molar-refractivity contribution in [2.45, 2.75) is 51.2 Å². The zero-order valence-electron chi connectivity index (χ0n) is 12.0. The minimum Gasteiger partial charge on any atom is -0.481 e. The van der Waals surface area contributed by atoms with Gasteiger partial charge in [0.05, 0.1) is 17.6 Å². The smallest absolute Gasteiger partial charge is 0.309 e. The van der Waals surface area contributed by atoms with Gasteiger partial charge in [-0.25, -0.2) is 0 Å². The van der Waals surface area contributed by atoms with Crippen molar-refractivity contribution in [2.24, 2.45) is 5.41 Å². The summed E-state index contributed by atoms with van der Waals surface area (Å²) in [6.07, 6.45) is 2.57. The summed E-state index contributed by atoms with van der Waals surface area (Å²) in [7, 11) is 0. The van der Waals surface area contributed by atoms with Crippen molar-refractivity contribution in [1.82, 2.24) is 10.2 Å². The number of aliphatic carboxylic acids is 1. The highest BCUT2D eigenvalue weighted by atomic mass is 16.4. The Balaban J connectivity index is 1.93. The van der Waals surface area contributed by atoms with Crippen LogP contribution < -0.4 is 5.32 Å². The number of rotatable bonds is 4. The fourth-order valence-corrected chi connectivity index (χ4v) is 3.33. The number of nitrogens with one attached hydrogen (secondary N) is 1. The normalized spacial score (nSPS) is 29.4. The molecule has 3 N–H and O–H groups in total. The first-order valence-electron chi connectivity index (χ1n) is 7.42. The Morgan fingerprint density at radius 3 is 2.45 bits per heavy atom. The van der Waals surface area contributed by atoms with Gasteiger partial charge in [-0.3, -0.25) is 9.59 Å². The van der Waals surface area contributed by atoms with Crippen LogP contribution in [0.5, 0.6) is 0 Å². The first-order chi connectivity index (χ1) is 9.48. The van der Waals surface area contributed by atoms with Crippen LogP contribution in [0.2, 0.25) is 0 Å². The van der Waals surface area contributed by atoms with Crippen molar-refractivity contribution in [3.63, 3.8) is 0 Å². The molecule has 2 aliphatic rings. The van der Waals surface area contributed by atoms with Gasteiger partial charge in [-0.2, -0.15) is 0 Å². The molecule has 2 heterocycles. The van der Waals surface area contributed by atoms with Gasteiger partial charge in [-0.05, 0) is 25.7 Å². The lowest BCUT2D eigenvalue weighted by Crippen LogP contribution is -2.51. The van der Waals surface area contributed by atoms with E-state index in [4.69, 9.17) is 0 Å². The molecule has 0 bridgehead atoms. The van der Waals surface area contributed by atoms with E-state index in [1.54, 1.807) is 4.90 Å². The summed E-state index contributed by atoms with van der Waals surface area (Å²) < 4.78 is 0. The number of carboxylic acids is 1. The lowest BCUT2D eigenvalue weighted by molar-refractivity contribution is -0.155. The molecule has 0 radical (unpaired) electrons. The lowest BCUT2D eigenvalue weighted by atomic mass is 9.75. The summed E-state index contributed by atoms with van der Waals surface area (Å²) in [5, 5.41) is 21.9. The minimum absolute atomic E-state index is 0.00274. The summed E-state index contributed by atoms with van der Waals surface area (Å²) in [5.41, 5.74) is -0.659. The molecule has 0 saturated carbocycles. The molecule has 2 aliphatic heterocycles. The molecule has 2 saturated heterocycles.